The summed E-state index contributed by atoms with van der Waals surface area (Å²) in [7, 11) is 0. The molecule has 2 aromatic heterocycles. The van der Waals surface area contributed by atoms with Crippen LogP contribution in [0.5, 0.6) is 0 Å². The third kappa shape index (κ3) is 3.35. The SMILES string of the molecule is O=C(NCc1cccnc1)c1cccc(-c2ccccc2)n1. The topological polar surface area (TPSA) is 54.9 Å². The van der Waals surface area contributed by atoms with Crippen molar-refractivity contribution >= 4 is 5.91 Å². The zero-order valence-corrected chi connectivity index (χ0v) is 11.9. The lowest BCUT2D eigenvalue weighted by Crippen LogP contribution is -2.23. The van der Waals surface area contributed by atoms with E-state index in [0.29, 0.717) is 12.2 Å². The van der Waals surface area contributed by atoms with Crippen LogP contribution >= 0.6 is 0 Å². The van der Waals surface area contributed by atoms with Crippen molar-refractivity contribution in [3.05, 3.63) is 84.3 Å². The minimum atomic E-state index is -0.193. The smallest absolute Gasteiger partial charge is 0.270 e. The number of amides is 1. The van der Waals surface area contributed by atoms with Gasteiger partial charge in [-0.1, -0.05) is 42.5 Å². The molecule has 3 aromatic rings. The zero-order chi connectivity index (χ0) is 15.2. The van der Waals surface area contributed by atoms with Gasteiger partial charge in [-0.3, -0.25) is 9.78 Å². The maximum absolute atomic E-state index is 12.2. The van der Waals surface area contributed by atoms with Crippen molar-refractivity contribution in [2.45, 2.75) is 6.54 Å². The van der Waals surface area contributed by atoms with E-state index in [9.17, 15) is 4.79 Å². The Bertz CT molecular complexity index is 758. The highest BCUT2D eigenvalue weighted by molar-refractivity contribution is 5.92. The molecule has 1 N–H and O–H groups in total. The number of nitrogens with zero attached hydrogens (tertiary/aromatic N) is 2. The van der Waals surface area contributed by atoms with Crippen LogP contribution in [0.25, 0.3) is 11.3 Å². The molecule has 3 rings (SSSR count). The molecule has 4 nitrogen and oxygen atoms in total. The summed E-state index contributed by atoms with van der Waals surface area (Å²) in [5.74, 6) is -0.193. The van der Waals surface area contributed by atoms with E-state index >= 15 is 0 Å². The minimum Gasteiger partial charge on any atom is -0.347 e. The van der Waals surface area contributed by atoms with Crippen LogP contribution in [0.2, 0.25) is 0 Å². The quantitative estimate of drug-likeness (QED) is 0.803. The minimum absolute atomic E-state index is 0.193. The normalized spacial score (nSPS) is 10.2. The molecule has 0 spiro atoms. The predicted octanol–water partition coefficient (Wildman–Crippen LogP) is 3.07. The average Bonchev–Trinajstić information content (AvgIpc) is 2.61. The Kier molecular flexibility index (Phi) is 4.20. The maximum Gasteiger partial charge on any atom is 0.270 e. The first-order valence-electron chi connectivity index (χ1n) is 7.02. The molecule has 0 saturated heterocycles. The first-order chi connectivity index (χ1) is 10.8. The molecular weight excluding hydrogens is 274 g/mol. The molecule has 0 atom stereocenters. The van der Waals surface area contributed by atoms with Gasteiger partial charge in [0.2, 0.25) is 0 Å². The van der Waals surface area contributed by atoms with E-state index in [1.54, 1.807) is 18.5 Å². The summed E-state index contributed by atoms with van der Waals surface area (Å²) in [6.07, 6.45) is 3.43. The number of rotatable bonds is 4. The van der Waals surface area contributed by atoms with Gasteiger partial charge in [-0.15, -0.1) is 0 Å². The standard InChI is InChI=1S/C18H15N3O/c22-18(20-13-14-6-5-11-19-12-14)17-10-4-9-16(21-17)15-7-2-1-3-8-15/h1-12H,13H2,(H,20,22). The van der Waals surface area contributed by atoms with Gasteiger partial charge in [-0.05, 0) is 23.8 Å². The fourth-order valence-corrected chi connectivity index (χ4v) is 2.11. The van der Waals surface area contributed by atoms with Crippen LogP contribution in [0, 0.1) is 0 Å². The highest BCUT2D eigenvalue weighted by Crippen LogP contribution is 2.16. The molecule has 2 heterocycles. The van der Waals surface area contributed by atoms with Crippen molar-refractivity contribution in [1.29, 1.82) is 0 Å². The summed E-state index contributed by atoms with van der Waals surface area (Å²) >= 11 is 0. The molecule has 1 aromatic carbocycles. The average molecular weight is 289 g/mol. The van der Waals surface area contributed by atoms with Gasteiger partial charge in [0, 0.05) is 24.5 Å². The molecule has 0 aliphatic heterocycles. The van der Waals surface area contributed by atoms with Crippen molar-refractivity contribution in [3.63, 3.8) is 0 Å². The Morgan fingerprint density at radius 2 is 1.82 bits per heavy atom. The van der Waals surface area contributed by atoms with Crippen LogP contribution in [0.1, 0.15) is 16.1 Å². The Morgan fingerprint density at radius 1 is 0.955 bits per heavy atom. The number of pyridine rings is 2. The maximum atomic E-state index is 12.2. The summed E-state index contributed by atoms with van der Waals surface area (Å²) in [5.41, 5.74) is 3.14. The molecule has 108 valence electrons. The van der Waals surface area contributed by atoms with Gasteiger partial charge >= 0.3 is 0 Å². The summed E-state index contributed by atoms with van der Waals surface area (Å²) in [6.45, 7) is 0.434. The van der Waals surface area contributed by atoms with E-state index in [2.05, 4.69) is 15.3 Å². The fourth-order valence-electron chi connectivity index (χ4n) is 2.11. The van der Waals surface area contributed by atoms with Crippen LogP contribution in [0.3, 0.4) is 0 Å². The van der Waals surface area contributed by atoms with E-state index in [1.807, 2.05) is 54.6 Å². The summed E-state index contributed by atoms with van der Waals surface area (Å²) in [4.78, 5) is 20.7. The van der Waals surface area contributed by atoms with Crippen molar-refractivity contribution in [2.24, 2.45) is 0 Å². The molecule has 0 bridgehead atoms. The number of carbonyl (C=O) groups is 1. The van der Waals surface area contributed by atoms with Gasteiger partial charge in [-0.2, -0.15) is 0 Å². The van der Waals surface area contributed by atoms with Crippen LogP contribution in [0.4, 0.5) is 0 Å². The zero-order valence-electron chi connectivity index (χ0n) is 11.9. The number of hydrogen-bond donors (Lipinski definition) is 1. The second-order valence-corrected chi connectivity index (χ2v) is 4.82. The van der Waals surface area contributed by atoms with Crippen molar-refractivity contribution in [2.75, 3.05) is 0 Å². The van der Waals surface area contributed by atoms with E-state index in [0.717, 1.165) is 16.8 Å². The first kappa shape index (κ1) is 13.9. The number of benzene rings is 1. The highest BCUT2D eigenvalue weighted by atomic mass is 16.1. The number of nitrogens with one attached hydrogen (secondary N) is 1. The van der Waals surface area contributed by atoms with Crippen molar-refractivity contribution < 1.29 is 4.79 Å². The fraction of sp³-hybridized carbons (Fsp3) is 0.0556. The molecule has 0 saturated carbocycles. The van der Waals surface area contributed by atoms with E-state index < -0.39 is 0 Å². The van der Waals surface area contributed by atoms with Crippen LogP contribution in [0.15, 0.2) is 73.1 Å². The Balaban J connectivity index is 1.73. The number of aromatic nitrogens is 2. The highest BCUT2D eigenvalue weighted by Gasteiger charge is 2.08. The van der Waals surface area contributed by atoms with Crippen molar-refractivity contribution in [3.8, 4) is 11.3 Å². The Labute approximate surface area is 128 Å². The summed E-state index contributed by atoms with van der Waals surface area (Å²) < 4.78 is 0. The lowest BCUT2D eigenvalue weighted by Gasteiger charge is -2.06. The van der Waals surface area contributed by atoms with Crippen LogP contribution in [-0.2, 0) is 6.54 Å². The monoisotopic (exact) mass is 289 g/mol. The van der Waals surface area contributed by atoms with E-state index in [4.69, 9.17) is 0 Å². The van der Waals surface area contributed by atoms with Gasteiger partial charge in [0.15, 0.2) is 0 Å². The molecule has 0 unspecified atom stereocenters. The lowest BCUT2D eigenvalue weighted by atomic mass is 10.1. The van der Waals surface area contributed by atoms with E-state index in [1.165, 1.54) is 0 Å². The van der Waals surface area contributed by atoms with Gasteiger partial charge in [0.1, 0.15) is 5.69 Å². The first-order valence-corrected chi connectivity index (χ1v) is 7.02. The second kappa shape index (κ2) is 6.63. The largest absolute Gasteiger partial charge is 0.347 e. The van der Waals surface area contributed by atoms with Crippen LogP contribution < -0.4 is 5.32 Å². The molecule has 1 amide bonds. The van der Waals surface area contributed by atoms with E-state index in [-0.39, 0.29) is 5.91 Å². The molecule has 22 heavy (non-hydrogen) atoms. The summed E-state index contributed by atoms with van der Waals surface area (Å²) in [5, 5.41) is 2.85. The van der Waals surface area contributed by atoms with Gasteiger partial charge in [0.05, 0.1) is 5.69 Å². The van der Waals surface area contributed by atoms with Gasteiger partial charge < -0.3 is 5.32 Å². The third-order valence-electron chi connectivity index (χ3n) is 3.23. The van der Waals surface area contributed by atoms with Crippen molar-refractivity contribution in [1.82, 2.24) is 15.3 Å². The van der Waals surface area contributed by atoms with Gasteiger partial charge in [-0.25, -0.2) is 4.98 Å². The third-order valence-corrected chi connectivity index (χ3v) is 3.23. The molecule has 0 fully saturated rings. The second-order valence-electron chi connectivity index (χ2n) is 4.82. The predicted molar refractivity (Wildman–Crippen MR) is 85.1 cm³/mol. The molecular formula is C18H15N3O. The molecule has 4 heteroatoms. The van der Waals surface area contributed by atoms with Crippen LogP contribution in [-0.4, -0.2) is 15.9 Å². The number of carbonyl (C=O) groups excluding carboxylic acids is 1. The van der Waals surface area contributed by atoms with Gasteiger partial charge in [0.25, 0.3) is 5.91 Å². The Morgan fingerprint density at radius 3 is 2.59 bits per heavy atom. The molecule has 0 aliphatic carbocycles. The molecule has 0 aliphatic rings. The Hall–Kier alpha value is -3.01. The molecule has 0 radical (unpaired) electrons. The number of hydrogen-bond acceptors (Lipinski definition) is 3. The summed E-state index contributed by atoms with van der Waals surface area (Å²) in [6, 6.07) is 19.0. The lowest BCUT2D eigenvalue weighted by molar-refractivity contribution is 0.0946.